The van der Waals surface area contributed by atoms with Crippen LogP contribution in [0, 0.1) is 0 Å². The molecule has 1 aliphatic rings. The van der Waals surface area contributed by atoms with E-state index in [9.17, 15) is 9.59 Å². The number of nitrogens with one attached hydrogen (secondary N) is 1. The fraction of sp³-hybridized carbons (Fsp3) is 0.300. The van der Waals surface area contributed by atoms with Gasteiger partial charge < -0.3 is 19.9 Å². The van der Waals surface area contributed by atoms with Crippen LogP contribution in [0.15, 0.2) is 48.5 Å². The second kappa shape index (κ2) is 9.28. The number of benzene rings is 2. The van der Waals surface area contributed by atoms with E-state index in [4.69, 9.17) is 16.3 Å². The molecule has 0 aromatic heterocycles. The van der Waals surface area contributed by atoms with Gasteiger partial charge in [-0.2, -0.15) is 0 Å². The van der Waals surface area contributed by atoms with E-state index in [1.165, 1.54) is 0 Å². The zero-order valence-corrected chi connectivity index (χ0v) is 15.7. The first-order valence-corrected chi connectivity index (χ1v) is 9.20. The molecule has 0 unspecified atom stereocenters. The molecule has 2 amide bonds. The van der Waals surface area contributed by atoms with Gasteiger partial charge in [-0.05, 0) is 42.0 Å². The molecule has 27 heavy (non-hydrogen) atoms. The third-order valence-corrected chi connectivity index (χ3v) is 4.68. The van der Waals surface area contributed by atoms with Gasteiger partial charge >= 0.3 is 0 Å². The molecule has 6 nitrogen and oxygen atoms in total. The summed E-state index contributed by atoms with van der Waals surface area (Å²) in [5, 5.41) is 3.83. The lowest BCUT2D eigenvalue weighted by molar-refractivity contribution is -0.133. The van der Waals surface area contributed by atoms with Gasteiger partial charge in [0.1, 0.15) is 12.4 Å². The number of ether oxygens (including phenoxy) is 1. The minimum absolute atomic E-state index is 0.0311. The van der Waals surface area contributed by atoms with Gasteiger partial charge in [0.25, 0.3) is 0 Å². The number of carbonyl (C=O) groups excluding carboxylic acids is 2. The van der Waals surface area contributed by atoms with Gasteiger partial charge in [0, 0.05) is 36.9 Å². The Morgan fingerprint density at radius 2 is 1.70 bits per heavy atom. The molecule has 0 aliphatic carbocycles. The molecule has 7 heteroatoms. The Hall–Kier alpha value is -2.73. The average Bonchev–Trinajstić information content (AvgIpc) is 2.72. The van der Waals surface area contributed by atoms with Crippen molar-refractivity contribution in [2.24, 2.45) is 0 Å². The normalized spacial score (nSPS) is 14.0. The maximum absolute atomic E-state index is 12.2. The number of carbonyl (C=O) groups is 2. The highest BCUT2D eigenvalue weighted by Crippen LogP contribution is 2.18. The highest BCUT2D eigenvalue weighted by atomic mass is 35.5. The zero-order chi connectivity index (χ0) is 19.1. The van der Waals surface area contributed by atoms with E-state index in [-0.39, 0.29) is 12.5 Å². The van der Waals surface area contributed by atoms with Crippen molar-refractivity contribution in [3.63, 3.8) is 0 Å². The Balaban J connectivity index is 1.43. The molecule has 2 aromatic rings. The Morgan fingerprint density at radius 3 is 2.33 bits per heavy atom. The van der Waals surface area contributed by atoms with Gasteiger partial charge in [0.05, 0.1) is 6.54 Å². The molecule has 142 valence electrons. The Kier molecular flexibility index (Phi) is 6.54. The maximum atomic E-state index is 12.2. The van der Waals surface area contributed by atoms with E-state index < -0.39 is 0 Å². The predicted octanol–water partition coefficient (Wildman–Crippen LogP) is 2.63. The summed E-state index contributed by atoms with van der Waals surface area (Å²) in [6, 6.07) is 15.0. The fourth-order valence-corrected chi connectivity index (χ4v) is 2.91. The van der Waals surface area contributed by atoms with E-state index in [0.717, 1.165) is 23.4 Å². The Morgan fingerprint density at radius 1 is 1.04 bits per heavy atom. The first-order valence-electron chi connectivity index (χ1n) is 8.82. The summed E-state index contributed by atoms with van der Waals surface area (Å²) in [7, 11) is 0. The van der Waals surface area contributed by atoms with Crippen molar-refractivity contribution in [3.05, 3.63) is 59.1 Å². The molecule has 1 saturated heterocycles. The molecule has 1 aliphatic heterocycles. The molecule has 0 spiro atoms. The lowest BCUT2D eigenvalue weighted by Gasteiger charge is -2.32. The fourth-order valence-electron chi connectivity index (χ4n) is 2.78. The second-order valence-corrected chi connectivity index (χ2v) is 6.75. The largest absolute Gasteiger partial charge is 0.489 e. The van der Waals surface area contributed by atoms with E-state index in [0.29, 0.717) is 37.8 Å². The highest BCUT2D eigenvalue weighted by molar-refractivity contribution is 6.30. The van der Waals surface area contributed by atoms with E-state index in [1.807, 2.05) is 48.5 Å². The molecular weight excluding hydrogens is 366 g/mol. The van der Waals surface area contributed by atoms with Gasteiger partial charge in [-0.15, -0.1) is 0 Å². The SMILES string of the molecule is O=CN1CCN(C(=O)CNc2ccc(OCc3ccc(Cl)cc3)cc2)CC1. The van der Waals surface area contributed by atoms with Crippen LogP contribution in [0.25, 0.3) is 0 Å². The van der Waals surface area contributed by atoms with E-state index in [1.54, 1.807) is 9.80 Å². The Bertz CT molecular complexity index is 757. The summed E-state index contributed by atoms with van der Waals surface area (Å²) in [6.07, 6.45) is 0.830. The summed E-state index contributed by atoms with van der Waals surface area (Å²) < 4.78 is 5.75. The third kappa shape index (κ3) is 5.62. The summed E-state index contributed by atoms with van der Waals surface area (Å²) in [5.41, 5.74) is 1.90. The third-order valence-electron chi connectivity index (χ3n) is 4.43. The number of amides is 2. The van der Waals surface area contributed by atoms with E-state index in [2.05, 4.69) is 5.32 Å². The van der Waals surface area contributed by atoms with Crippen molar-refractivity contribution < 1.29 is 14.3 Å². The van der Waals surface area contributed by atoms with Gasteiger partial charge in [-0.3, -0.25) is 9.59 Å². The van der Waals surface area contributed by atoms with Crippen LogP contribution in [0.5, 0.6) is 5.75 Å². The summed E-state index contributed by atoms with van der Waals surface area (Å²) >= 11 is 5.87. The number of hydrogen-bond donors (Lipinski definition) is 1. The molecule has 3 rings (SSSR count). The molecule has 0 atom stereocenters. The molecule has 0 radical (unpaired) electrons. The Labute approximate surface area is 163 Å². The molecule has 1 N–H and O–H groups in total. The minimum Gasteiger partial charge on any atom is -0.489 e. The van der Waals surface area contributed by atoms with Crippen molar-refractivity contribution in [2.45, 2.75) is 6.61 Å². The van der Waals surface area contributed by atoms with Gasteiger partial charge in [0.15, 0.2) is 0 Å². The van der Waals surface area contributed by atoms with Gasteiger partial charge in [0.2, 0.25) is 12.3 Å². The second-order valence-electron chi connectivity index (χ2n) is 6.32. The molecule has 2 aromatic carbocycles. The minimum atomic E-state index is 0.0311. The highest BCUT2D eigenvalue weighted by Gasteiger charge is 2.19. The molecule has 1 fully saturated rings. The summed E-state index contributed by atoms with van der Waals surface area (Å²) in [5.74, 6) is 0.787. The average molecular weight is 388 g/mol. The number of piperazine rings is 1. The van der Waals surface area contributed by atoms with Crippen LogP contribution in [0.1, 0.15) is 5.56 Å². The molecule has 1 heterocycles. The number of rotatable bonds is 7. The summed E-state index contributed by atoms with van der Waals surface area (Å²) in [4.78, 5) is 26.4. The lowest BCUT2D eigenvalue weighted by atomic mass is 10.2. The maximum Gasteiger partial charge on any atom is 0.241 e. The van der Waals surface area contributed by atoms with Crippen LogP contribution in [-0.2, 0) is 16.2 Å². The smallest absolute Gasteiger partial charge is 0.241 e. The number of nitrogens with zero attached hydrogens (tertiary/aromatic N) is 2. The topological polar surface area (TPSA) is 61.9 Å². The van der Waals surface area contributed by atoms with E-state index >= 15 is 0 Å². The monoisotopic (exact) mass is 387 g/mol. The molecule has 0 bridgehead atoms. The quantitative estimate of drug-likeness (QED) is 0.742. The van der Waals surface area contributed by atoms with Crippen molar-refractivity contribution in [1.82, 2.24) is 9.80 Å². The molecular formula is C20H22ClN3O3. The van der Waals surface area contributed by atoms with Crippen LogP contribution in [-0.4, -0.2) is 54.8 Å². The van der Waals surface area contributed by atoms with Crippen LogP contribution >= 0.6 is 11.6 Å². The lowest BCUT2D eigenvalue weighted by Crippen LogP contribution is -2.49. The van der Waals surface area contributed by atoms with Crippen LogP contribution in [0.4, 0.5) is 5.69 Å². The first kappa shape index (κ1) is 19.0. The first-order chi connectivity index (χ1) is 13.1. The van der Waals surface area contributed by atoms with Gasteiger partial charge in [-0.1, -0.05) is 23.7 Å². The summed E-state index contributed by atoms with van der Waals surface area (Å²) in [6.45, 7) is 3.04. The zero-order valence-electron chi connectivity index (χ0n) is 14.9. The molecule has 0 saturated carbocycles. The van der Waals surface area contributed by atoms with Crippen molar-refractivity contribution in [3.8, 4) is 5.75 Å². The number of hydrogen-bond acceptors (Lipinski definition) is 4. The van der Waals surface area contributed by atoms with Crippen molar-refractivity contribution in [1.29, 1.82) is 0 Å². The standard InChI is InChI=1S/C20H22ClN3O3/c21-17-3-1-16(2-4-17)14-27-19-7-5-18(6-8-19)22-13-20(26)24-11-9-23(15-25)10-12-24/h1-8,15,22H,9-14H2. The van der Waals surface area contributed by atoms with Crippen molar-refractivity contribution in [2.75, 3.05) is 38.0 Å². The van der Waals surface area contributed by atoms with Crippen LogP contribution in [0.2, 0.25) is 5.02 Å². The predicted molar refractivity (Wildman–Crippen MR) is 105 cm³/mol. The van der Waals surface area contributed by atoms with Gasteiger partial charge in [-0.25, -0.2) is 0 Å². The van der Waals surface area contributed by atoms with Crippen LogP contribution < -0.4 is 10.1 Å². The number of halogens is 1. The van der Waals surface area contributed by atoms with Crippen LogP contribution in [0.3, 0.4) is 0 Å². The number of anilines is 1. The van der Waals surface area contributed by atoms with Crippen molar-refractivity contribution >= 4 is 29.6 Å².